The molecule has 0 bridgehead atoms. The summed E-state index contributed by atoms with van der Waals surface area (Å²) >= 11 is 0. The van der Waals surface area contributed by atoms with Gasteiger partial charge in [0.15, 0.2) is 0 Å². The summed E-state index contributed by atoms with van der Waals surface area (Å²) in [7, 11) is 0. The Hall–Kier alpha value is -3.40. The number of aromatic nitrogens is 1. The number of hydrogen-bond acceptors (Lipinski definition) is 5. The van der Waals surface area contributed by atoms with Crippen LogP contribution in [0.25, 0.3) is 10.9 Å². The van der Waals surface area contributed by atoms with Gasteiger partial charge >= 0.3 is 5.97 Å². The lowest BCUT2D eigenvalue weighted by Gasteiger charge is -2.28. The molecule has 0 unspecified atom stereocenters. The molecule has 0 spiro atoms. The zero-order valence-corrected chi connectivity index (χ0v) is 16.4. The van der Waals surface area contributed by atoms with Crippen molar-refractivity contribution in [3.8, 4) is 0 Å². The maximum atomic E-state index is 13.3. The molecule has 10 heteroatoms. The molecule has 2 aromatic rings. The van der Waals surface area contributed by atoms with Crippen molar-refractivity contribution in [3.63, 3.8) is 0 Å². The van der Waals surface area contributed by atoms with Crippen LogP contribution in [0.2, 0.25) is 0 Å². The predicted molar refractivity (Wildman–Crippen MR) is 108 cm³/mol. The molecule has 2 heterocycles. The lowest BCUT2D eigenvalue weighted by atomic mass is 10.0. The van der Waals surface area contributed by atoms with Gasteiger partial charge in [-0.2, -0.15) is 0 Å². The molecule has 6 N–H and O–H groups in total. The minimum absolute atomic E-state index is 0.231. The molecule has 3 rings (SSSR count). The zero-order chi connectivity index (χ0) is 21.7. The van der Waals surface area contributed by atoms with E-state index in [2.05, 4.69) is 15.6 Å². The number of amides is 3. The number of nitrogens with zero attached hydrogens (tertiary/aromatic N) is 1. The molecule has 1 fully saturated rings. The van der Waals surface area contributed by atoms with Crippen LogP contribution in [0, 0.1) is 0 Å². The van der Waals surface area contributed by atoms with E-state index in [1.165, 1.54) is 4.90 Å². The summed E-state index contributed by atoms with van der Waals surface area (Å²) in [5.74, 6) is -2.54. The molecule has 0 aliphatic carbocycles. The largest absolute Gasteiger partial charge is 0.480 e. The second kappa shape index (κ2) is 9.40. The number of aliphatic carboxylic acids is 1. The first-order valence-corrected chi connectivity index (χ1v) is 9.75. The highest BCUT2D eigenvalue weighted by atomic mass is 16.4. The first-order chi connectivity index (χ1) is 14.4. The molecule has 0 radical (unpaired) electrons. The number of carbonyl (C=O) groups is 4. The van der Waals surface area contributed by atoms with Gasteiger partial charge in [0.2, 0.25) is 17.7 Å². The van der Waals surface area contributed by atoms with Crippen molar-refractivity contribution in [1.82, 2.24) is 20.5 Å². The normalized spacial score (nSPS) is 17.0. The van der Waals surface area contributed by atoms with E-state index in [4.69, 9.17) is 10.8 Å². The second-order valence-corrected chi connectivity index (χ2v) is 7.19. The molecule has 10 nitrogen and oxygen atoms in total. The fourth-order valence-electron chi connectivity index (χ4n) is 3.76. The van der Waals surface area contributed by atoms with Gasteiger partial charge in [-0.1, -0.05) is 18.2 Å². The molecular weight excluding hydrogens is 390 g/mol. The van der Waals surface area contributed by atoms with Gasteiger partial charge in [-0.15, -0.1) is 0 Å². The molecule has 1 saturated heterocycles. The molecule has 1 aromatic heterocycles. The van der Waals surface area contributed by atoms with Gasteiger partial charge < -0.3 is 31.4 Å². The number of rotatable bonds is 8. The molecule has 1 aliphatic rings. The van der Waals surface area contributed by atoms with Crippen molar-refractivity contribution < 1.29 is 24.3 Å². The van der Waals surface area contributed by atoms with E-state index < -0.39 is 42.3 Å². The minimum atomic E-state index is -1.16. The number of carboxylic acids is 1. The quantitative estimate of drug-likeness (QED) is 0.385. The van der Waals surface area contributed by atoms with Crippen LogP contribution in [0.5, 0.6) is 0 Å². The lowest BCUT2D eigenvalue weighted by molar-refractivity contribution is -0.142. The molecule has 1 aromatic carbocycles. The van der Waals surface area contributed by atoms with Crippen LogP contribution in [0.3, 0.4) is 0 Å². The SMILES string of the molecule is NCC(=O)N[C@@H](Cc1c[nH]c2ccccc12)C(=O)N1CCC[C@H]1C(=O)NCC(=O)O. The number of likely N-dealkylation sites (tertiary alicyclic amines) is 1. The summed E-state index contributed by atoms with van der Waals surface area (Å²) in [6, 6.07) is 5.96. The minimum Gasteiger partial charge on any atom is -0.480 e. The van der Waals surface area contributed by atoms with E-state index in [1.807, 2.05) is 24.3 Å². The first-order valence-electron chi connectivity index (χ1n) is 9.75. The number of carboxylic acid groups (broad SMARTS) is 1. The van der Waals surface area contributed by atoms with E-state index >= 15 is 0 Å². The molecular formula is C20H25N5O5. The maximum absolute atomic E-state index is 13.3. The van der Waals surface area contributed by atoms with Crippen LogP contribution in [-0.2, 0) is 25.6 Å². The Morgan fingerprint density at radius 3 is 2.77 bits per heavy atom. The van der Waals surface area contributed by atoms with Crippen molar-refractivity contribution in [1.29, 1.82) is 0 Å². The number of aromatic amines is 1. The zero-order valence-electron chi connectivity index (χ0n) is 16.4. The number of nitrogens with one attached hydrogen (secondary N) is 3. The van der Waals surface area contributed by atoms with Gasteiger partial charge in [0.05, 0.1) is 6.54 Å². The van der Waals surface area contributed by atoms with Gasteiger partial charge in [0.1, 0.15) is 18.6 Å². The van der Waals surface area contributed by atoms with E-state index in [1.54, 1.807) is 6.20 Å². The summed E-state index contributed by atoms with van der Waals surface area (Å²) in [6.45, 7) is -0.424. The van der Waals surface area contributed by atoms with Gasteiger partial charge in [-0.3, -0.25) is 19.2 Å². The van der Waals surface area contributed by atoms with Gasteiger partial charge in [-0.05, 0) is 24.5 Å². The summed E-state index contributed by atoms with van der Waals surface area (Å²) in [6.07, 6.45) is 3.07. The number of fused-ring (bicyclic) bond motifs is 1. The highest BCUT2D eigenvalue weighted by Crippen LogP contribution is 2.22. The molecule has 0 saturated carbocycles. The second-order valence-electron chi connectivity index (χ2n) is 7.19. The number of carbonyl (C=O) groups excluding carboxylic acids is 3. The molecule has 30 heavy (non-hydrogen) atoms. The summed E-state index contributed by atoms with van der Waals surface area (Å²) in [5, 5.41) is 14.7. The van der Waals surface area contributed by atoms with Crippen LogP contribution >= 0.6 is 0 Å². The van der Waals surface area contributed by atoms with Crippen molar-refractivity contribution >= 4 is 34.6 Å². The third-order valence-electron chi connectivity index (χ3n) is 5.17. The van der Waals surface area contributed by atoms with Gasteiger partial charge in [0, 0.05) is 30.1 Å². The molecule has 2 atom stereocenters. The Balaban J connectivity index is 1.80. The number of hydrogen-bond donors (Lipinski definition) is 5. The van der Waals surface area contributed by atoms with Crippen LogP contribution in [0.1, 0.15) is 18.4 Å². The fraction of sp³-hybridized carbons (Fsp3) is 0.400. The van der Waals surface area contributed by atoms with Crippen LogP contribution in [0.15, 0.2) is 30.5 Å². The maximum Gasteiger partial charge on any atom is 0.322 e. The number of nitrogens with two attached hydrogens (primary N) is 1. The average molecular weight is 415 g/mol. The molecule has 3 amide bonds. The fourth-order valence-corrected chi connectivity index (χ4v) is 3.76. The standard InChI is InChI=1S/C20H25N5O5/c21-9-17(26)24-15(8-12-10-22-14-5-2-1-4-13(12)14)20(30)25-7-3-6-16(25)19(29)23-11-18(27)28/h1-2,4-5,10,15-16,22H,3,6-9,11,21H2,(H,23,29)(H,24,26)(H,27,28)/t15-,16-/m0/s1. The highest BCUT2D eigenvalue weighted by Gasteiger charge is 2.37. The molecule has 1 aliphatic heterocycles. The Kier molecular flexibility index (Phi) is 6.68. The van der Waals surface area contributed by atoms with Crippen molar-refractivity contribution in [2.45, 2.75) is 31.3 Å². The van der Waals surface area contributed by atoms with Gasteiger partial charge in [-0.25, -0.2) is 0 Å². The van der Waals surface area contributed by atoms with Crippen LogP contribution < -0.4 is 16.4 Å². The van der Waals surface area contributed by atoms with E-state index in [0.717, 1.165) is 16.5 Å². The Labute approximate surface area is 172 Å². The summed E-state index contributed by atoms with van der Waals surface area (Å²) < 4.78 is 0. The first kappa shape index (κ1) is 21.3. The van der Waals surface area contributed by atoms with Crippen molar-refractivity contribution in [2.75, 3.05) is 19.6 Å². The van der Waals surface area contributed by atoms with E-state index in [9.17, 15) is 19.2 Å². The van der Waals surface area contributed by atoms with E-state index in [0.29, 0.717) is 19.4 Å². The smallest absolute Gasteiger partial charge is 0.322 e. The predicted octanol–water partition coefficient (Wildman–Crippen LogP) is -0.654. The van der Waals surface area contributed by atoms with E-state index in [-0.39, 0.29) is 13.0 Å². The third kappa shape index (κ3) is 4.77. The van der Waals surface area contributed by atoms with Crippen LogP contribution in [0.4, 0.5) is 0 Å². The van der Waals surface area contributed by atoms with Crippen molar-refractivity contribution in [2.24, 2.45) is 5.73 Å². The van der Waals surface area contributed by atoms with Crippen LogP contribution in [-0.4, -0.2) is 70.4 Å². The van der Waals surface area contributed by atoms with Gasteiger partial charge in [0.25, 0.3) is 0 Å². The topological polar surface area (TPSA) is 158 Å². The lowest BCUT2D eigenvalue weighted by Crippen LogP contribution is -2.55. The Bertz CT molecular complexity index is 956. The third-order valence-corrected chi connectivity index (χ3v) is 5.17. The Morgan fingerprint density at radius 2 is 2.03 bits per heavy atom. The van der Waals surface area contributed by atoms with Crippen molar-refractivity contribution in [3.05, 3.63) is 36.0 Å². The Morgan fingerprint density at radius 1 is 1.27 bits per heavy atom. The summed E-state index contributed by atoms with van der Waals surface area (Å²) in [4.78, 5) is 52.9. The number of benzene rings is 1. The number of para-hydroxylation sites is 1. The number of H-pyrrole nitrogens is 1. The highest BCUT2D eigenvalue weighted by molar-refractivity contribution is 5.94. The monoisotopic (exact) mass is 415 g/mol. The summed E-state index contributed by atoms with van der Waals surface area (Å²) in [5.41, 5.74) is 7.19. The average Bonchev–Trinajstić information content (AvgIpc) is 3.38. The molecule has 160 valence electrons.